The molecule has 0 saturated heterocycles. The van der Waals surface area contributed by atoms with Crippen LogP contribution >= 0.6 is 0 Å². The number of para-hydroxylation sites is 1. The van der Waals surface area contributed by atoms with Crippen LogP contribution in [-0.2, 0) is 5.41 Å². The van der Waals surface area contributed by atoms with Gasteiger partial charge in [-0.3, -0.25) is 0 Å². The molecule has 0 bridgehead atoms. The summed E-state index contributed by atoms with van der Waals surface area (Å²) in [5, 5.41) is 5.98. The van der Waals surface area contributed by atoms with Crippen molar-refractivity contribution in [2.24, 2.45) is 0 Å². The molecule has 6 aromatic carbocycles. The summed E-state index contributed by atoms with van der Waals surface area (Å²) in [5.74, 6) is 0. The number of furan rings is 1. The molecule has 2 aliphatic rings. The molecule has 1 spiro atoms. The molecule has 1 aromatic heterocycles. The summed E-state index contributed by atoms with van der Waals surface area (Å²) in [6.07, 6.45) is 0. The molecule has 2 heteroatoms. The lowest BCUT2D eigenvalue weighted by molar-refractivity contribution is 0.669. The fourth-order valence-electron chi connectivity index (χ4n) is 7.14. The third-order valence-corrected chi connectivity index (χ3v) is 8.66. The van der Waals surface area contributed by atoms with Gasteiger partial charge >= 0.3 is 0 Å². The standard InChI is InChI=1S/C37H23NO/c1-5-13-31-25(9-1)26-10-2-6-14-32(26)37(31)33-15-7-3-11-27(33)28-19-17-23(21-34(28)37)38-24-18-20-30-29-12-4-8-16-35(29)39-36(30)22-24/h1-22,38H. The van der Waals surface area contributed by atoms with Gasteiger partial charge in [-0.15, -0.1) is 0 Å². The van der Waals surface area contributed by atoms with Crippen molar-refractivity contribution in [3.8, 4) is 22.3 Å². The number of hydrogen-bond donors (Lipinski definition) is 1. The number of hydrogen-bond acceptors (Lipinski definition) is 2. The maximum absolute atomic E-state index is 6.16. The van der Waals surface area contributed by atoms with Gasteiger partial charge in [0.15, 0.2) is 0 Å². The molecule has 0 atom stereocenters. The second-order valence-electron chi connectivity index (χ2n) is 10.6. The van der Waals surface area contributed by atoms with E-state index in [1.54, 1.807) is 0 Å². The average Bonchev–Trinajstić information content (AvgIpc) is 3.61. The zero-order chi connectivity index (χ0) is 25.6. The summed E-state index contributed by atoms with van der Waals surface area (Å²) < 4.78 is 6.16. The summed E-state index contributed by atoms with van der Waals surface area (Å²) >= 11 is 0. The molecule has 0 unspecified atom stereocenters. The molecule has 2 aliphatic carbocycles. The van der Waals surface area contributed by atoms with Crippen LogP contribution in [0.5, 0.6) is 0 Å². The minimum atomic E-state index is -0.334. The molecule has 0 aliphatic heterocycles. The summed E-state index contributed by atoms with van der Waals surface area (Å²) in [6, 6.07) is 48.2. The number of fused-ring (bicyclic) bond motifs is 13. The van der Waals surface area contributed by atoms with Gasteiger partial charge in [-0.2, -0.15) is 0 Å². The number of anilines is 2. The Balaban J connectivity index is 1.25. The molecule has 9 rings (SSSR count). The fourth-order valence-corrected chi connectivity index (χ4v) is 7.14. The maximum atomic E-state index is 6.16. The monoisotopic (exact) mass is 497 g/mol. The highest BCUT2D eigenvalue weighted by molar-refractivity contribution is 6.05. The Morgan fingerprint density at radius 3 is 1.62 bits per heavy atom. The van der Waals surface area contributed by atoms with Crippen molar-refractivity contribution in [2.75, 3.05) is 5.32 Å². The van der Waals surface area contributed by atoms with Crippen molar-refractivity contribution in [1.29, 1.82) is 0 Å². The van der Waals surface area contributed by atoms with Crippen molar-refractivity contribution in [3.63, 3.8) is 0 Å². The predicted molar refractivity (Wildman–Crippen MR) is 160 cm³/mol. The minimum Gasteiger partial charge on any atom is -0.456 e. The summed E-state index contributed by atoms with van der Waals surface area (Å²) in [6.45, 7) is 0. The number of benzene rings is 6. The molecule has 0 fully saturated rings. The first-order chi connectivity index (χ1) is 19.3. The van der Waals surface area contributed by atoms with Crippen LogP contribution in [0.2, 0.25) is 0 Å². The van der Waals surface area contributed by atoms with E-state index in [1.807, 2.05) is 12.1 Å². The Bertz CT molecular complexity index is 2050. The summed E-state index contributed by atoms with van der Waals surface area (Å²) in [4.78, 5) is 0. The van der Waals surface area contributed by atoms with Gasteiger partial charge in [0.2, 0.25) is 0 Å². The molecular weight excluding hydrogens is 474 g/mol. The van der Waals surface area contributed by atoms with Crippen LogP contribution in [0.1, 0.15) is 22.3 Å². The molecule has 2 nitrogen and oxygen atoms in total. The van der Waals surface area contributed by atoms with Crippen LogP contribution in [0.15, 0.2) is 138 Å². The van der Waals surface area contributed by atoms with E-state index >= 15 is 0 Å². The third-order valence-electron chi connectivity index (χ3n) is 8.66. The van der Waals surface area contributed by atoms with E-state index in [4.69, 9.17) is 4.42 Å². The SMILES string of the molecule is c1ccc2c(c1)-c1ccccc1C21c2ccccc2-c2ccc(Nc3ccc4c(c3)oc3ccccc34)cc21. The zero-order valence-corrected chi connectivity index (χ0v) is 21.1. The van der Waals surface area contributed by atoms with Crippen molar-refractivity contribution in [2.45, 2.75) is 5.41 Å². The van der Waals surface area contributed by atoms with Crippen LogP contribution < -0.4 is 5.32 Å². The second-order valence-corrected chi connectivity index (χ2v) is 10.6. The maximum Gasteiger partial charge on any atom is 0.137 e. The quantitative estimate of drug-likeness (QED) is 0.257. The molecule has 39 heavy (non-hydrogen) atoms. The van der Waals surface area contributed by atoms with Gasteiger partial charge in [0.1, 0.15) is 11.2 Å². The average molecular weight is 498 g/mol. The van der Waals surface area contributed by atoms with Gasteiger partial charge in [0.05, 0.1) is 5.41 Å². The molecular formula is C37H23NO. The van der Waals surface area contributed by atoms with Crippen molar-refractivity contribution < 1.29 is 4.42 Å². The van der Waals surface area contributed by atoms with Crippen LogP contribution in [0.3, 0.4) is 0 Å². The van der Waals surface area contributed by atoms with Gasteiger partial charge in [-0.1, -0.05) is 97.1 Å². The molecule has 0 amide bonds. The van der Waals surface area contributed by atoms with Crippen LogP contribution in [0.4, 0.5) is 11.4 Å². The Kier molecular flexibility index (Phi) is 4.02. The van der Waals surface area contributed by atoms with E-state index in [0.29, 0.717) is 0 Å². The van der Waals surface area contributed by atoms with Gasteiger partial charge in [-0.25, -0.2) is 0 Å². The first kappa shape index (κ1) is 20.9. The van der Waals surface area contributed by atoms with Crippen LogP contribution in [0, 0.1) is 0 Å². The van der Waals surface area contributed by atoms with Crippen LogP contribution in [0.25, 0.3) is 44.2 Å². The van der Waals surface area contributed by atoms with Crippen molar-refractivity contribution in [3.05, 3.63) is 156 Å². The zero-order valence-electron chi connectivity index (χ0n) is 21.1. The highest BCUT2D eigenvalue weighted by atomic mass is 16.3. The first-order valence-corrected chi connectivity index (χ1v) is 13.4. The van der Waals surface area contributed by atoms with Crippen LogP contribution in [-0.4, -0.2) is 0 Å². The lowest BCUT2D eigenvalue weighted by Crippen LogP contribution is -2.25. The predicted octanol–water partition coefficient (Wildman–Crippen LogP) is 9.67. The second kappa shape index (κ2) is 7.49. The Labute approximate surface area is 226 Å². The van der Waals surface area contributed by atoms with Crippen molar-refractivity contribution >= 4 is 33.3 Å². The molecule has 1 heterocycles. The Hall–Kier alpha value is -5.08. The van der Waals surface area contributed by atoms with E-state index in [-0.39, 0.29) is 5.41 Å². The largest absolute Gasteiger partial charge is 0.456 e. The number of nitrogens with one attached hydrogen (secondary N) is 1. The van der Waals surface area contributed by atoms with Crippen molar-refractivity contribution in [1.82, 2.24) is 0 Å². The normalized spacial score (nSPS) is 13.8. The number of rotatable bonds is 2. The third kappa shape index (κ3) is 2.65. The van der Waals surface area contributed by atoms with E-state index in [9.17, 15) is 0 Å². The Morgan fingerprint density at radius 1 is 0.410 bits per heavy atom. The molecule has 182 valence electrons. The lowest BCUT2D eigenvalue weighted by atomic mass is 9.70. The molecule has 0 saturated carbocycles. The van der Waals surface area contributed by atoms with E-state index in [0.717, 1.165) is 33.3 Å². The van der Waals surface area contributed by atoms with E-state index in [2.05, 4.69) is 127 Å². The van der Waals surface area contributed by atoms with Gasteiger partial charge < -0.3 is 9.73 Å². The summed E-state index contributed by atoms with van der Waals surface area (Å²) in [7, 11) is 0. The van der Waals surface area contributed by atoms with Gasteiger partial charge in [-0.05, 0) is 74.8 Å². The minimum absolute atomic E-state index is 0.334. The van der Waals surface area contributed by atoms with E-state index in [1.165, 1.54) is 44.5 Å². The first-order valence-electron chi connectivity index (χ1n) is 13.4. The Morgan fingerprint density at radius 2 is 0.923 bits per heavy atom. The molecule has 1 N–H and O–H groups in total. The highest BCUT2D eigenvalue weighted by Crippen LogP contribution is 2.62. The van der Waals surface area contributed by atoms with Gasteiger partial charge in [0.25, 0.3) is 0 Å². The lowest BCUT2D eigenvalue weighted by Gasteiger charge is -2.30. The molecule has 7 aromatic rings. The smallest absolute Gasteiger partial charge is 0.137 e. The van der Waals surface area contributed by atoms with E-state index < -0.39 is 0 Å². The molecule has 0 radical (unpaired) electrons. The highest BCUT2D eigenvalue weighted by Gasteiger charge is 2.51. The van der Waals surface area contributed by atoms with Gasteiger partial charge in [0, 0.05) is 28.2 Å². The topological polar surface area (TPSA) is 25.2 Å². The fraction of sp³-hybridized carbons (Fsp3) is 0.0270. The summed E-state index contributed by atoms with van der Waals surface area (Å²) in [5.41, 5.74) is 14.2.